The third-order valence-electron chi connectivity index (χ3n) is 1.54. The summed E-state index contributed by atoms with van der Waals surface area (Å²) in [5.41, 5.74) is 0. The van der Waals surface area contributed by atoms with Crippen LogP contribution in [-0.4, -0.2) is 29.6 Å². The van der Waals surface area contributed by atoms with E-state index in [1.807, 2.05) is 6.92 Å². The highest BCUT2D eigenvalue weighted by atomic mass is 79.9. The second-order valence-electron chi connectivity index (χ2n) is 2.60. The average molecular weight is 267 g/mol. The molecule has 0 bridgehead atoms. The number of hydrogen-bond donors (Lipinski definition) is 1. The highest BCUT2D eigenvalue weighted by Crippen LogP contribution is 2.11. The van der Waals surface area contributed by atoms with Crippen LogP contribution in [0.2, 0.25) is 0 Å². The van der Waals surface area contributed by atoms with Gasteiger partial charge in [0.05, 0.1) is 7.11 Å². The number of methoxy groups -OCH3 is 1. The van der Waals surface area contributed by atoms with Crippen molar-refractivity contribution in [1.82, 2.24) is 0 Å². The van der Waals surface area contributed by atoms with Crippen molar-refractivity contribution in [1.29, 1.82) is 0 Å². The summed E-state index contributed by atoms with van der Waals surface area (Å²) in [6, 6.07) is 0. The Morgan fingerprint density at radius 3 is 2.64 bits per heavy atom. The first-order valence-electron chi connectivity index (χ1n) is 4.33. The number of carboxylic acid groups (broad SMARTS) is 1. The van der Waals surface area contributed by atoms with Crippen LogP contribution in [0.4, 0.5) is 0 Å². The van der Waals surface area contributed by atoms with E-state index in [2.05, 4.69) is 15.9 Å². The molecule has 0 saturated heterocycles. The van der Waals surface area contributed by atoms with Crippen LogP contribution in [0.5, 0.6) is 0 Å². The molecule has 0 aromatic carbocycles. The molecule has 0 radical (unpaired) electrons. The summed E-state index contributed by atoms with van der Waals surface area (Å²) < 4.78 is 10.0. The van der Waals surface area contributed by atoms with Gasteiger partial charge in [-0.25, -0.2) is 4.79 Å². The van der Waals surface area contributed by atoms with Gasteiger partial charge in [0, 0.05) is 18.2 Å². The molecule has 4 nitrogen and oxygen atoms in total. The molecular weight excluding hydrogens is 252 g/mol. The number of aliphatic carboxylic acids is 1. The van der Waals surface area contributed by atoms with E-state index in [-0.39, 0.29) is 0 Å². The van der Waals surface area contributed by atoms with Crippen molar-refractivity contribution in [3.05, 3.63) is 12.0 Å². The van der Waals surface area contributed by atoms with Crippen LogP contribution < -0.4 is 0 Å². The largest absolute Gasteiger partial charge is 0.501 e. The zero-order chi connectivity index (χ0) is 11.0. The Morgan fingerprint density at radius 1 is 1.64 bits per heavy atom. The summed E-state index contributed by atoms with van der Waals surface area (Å²) in [7, 11) is 1.50. The minimum absolute atomic E-state index is 0.427. The summed E-state index contributed by atoms with van der Waals surface area (Å²) in [6.07, 6.45) is 1.65. The second-order valence-corrected chi connectivity index (χ2v) is 3.39. The SMILES string of the molecule is CC/C(=C/OC)OC(CCBr)C(=O)O. The Balaban J connectivity index is 4.25. The fraction of sp³-hybridized carbons (Fsp3) is 0.667. The van der Waals surface area contributed by atoms with Gasteiger partial charge in [0.1, 0.15) is 12.0 Å². The summed E-state index contributed by atoms with van der Waals surface area (Å²) in [6.45, 7) is 1.87. The minimum Gasteiger partial charge on any atom is -0.501 e. The molecule has 1 unspecified atom stereocenters. The Bertz CT molecular complexity index is 203. The monoisotopic (exact) mass is 266 g/mol. The Kier molecular flexibility index (Phi) is 7.28. The molecule has 5 heteroatoms. The minimum atomic E-state index is -0.958. The quantitative estimate of drug-likeness (QED) is 0.567. The van der Waals surface area contributed by atoms with Crippen molar-refractivity contribution in [2.24, 2.45) is 0 Å². The molecule has 0 aliphatic carbocycles. The zero-order valence-electron chi connectivity index (χ0n) is 8.33. The average Bonchev–Trinajstić information content (AvgIpc) is 2.15. The van der Waals surface area contributed by atoms with Crippen LogP contribution in [0.3, 0.4) is 0 Å². The van der Waals surface area contributed by atoms with Crippen molar-refractivity contribution >= 4 is 21.9 Å². The number of ether oxygens (including phenoxy) is 2. The van der Waals surface area contributed by atoms with Gasteiger partial charge in [-0.3, -0.25) is 0 Å². The molecule has 0 amide bonds. The lowest BCUT2D eigenvalue weighted by atomic mass is 10.3. The third kappa shape index (κ3) is 5.11. The maximum absolute atomic E-state index is 10.7. The lowest BCUT2D eigenvalue weighted by Gasteiger charge is -2.15. The van der Waals surface area contributed by atoms with Crippen molar-refractivity contribution in [2.45, 2.75) is 25.9 Å². The van der Waals surface area contributed by atoms with E-state index in [1.54, 1.807) is 0 Å². The molecule has 0 aromatic heterocycles. The van der Waals surface area contributed by atoms with Gasteiger partial charge in [-0.1, -0.05) is 22.9 Å². The van der Waals surface area contributed by atoms with Crippen molar-refractivity contribution < 1.29 is 19.4 Å². The van der Waals surface area contributed by atoms with Crippen molar-refractivity contribution in [2.75, 3.05) is 12.4 Å². The van der Waals surface area contributed by atoms with Gasteiger partial charge in [-0.05, 0) is 0 Å². The van der Waals surface area contributed by atoms with Gasteiger partial charge in [-0.2, -0.15) is 0 Å². The maximum atomic E-state index is 10.7. The van der Waals surface area contributed by atoms with Gasteiger partial charge < -0.3 is 14.6 Å². The van der Waals surface area contributed by atoms with Crippen LogP contribution in [-0.2, 0) is 14.3 Å². The fourth-order valence-electron chi connectivity index (χ4n) is 0.841. The molecule has 0 rings (SSSR count). The molecule has 0 spiro atoms. The molecule has 0 aliphatic heterocycles. The molecule has 0 aliphatic rings. The highest BCUT2D eigenvalue weighted by molar-refractivity contribution is 9.09. The van der Waals surface area contributed by atoms with E-state index in [0.29, 0.717) is 23.9 Å². The van der Waals surface area contributed by atoms with E-state index < -0.39 is 12.1 Å². The number of halogens is 1. The van der Waals surface area contributed by atoms with Gasteiger partial charge in [-0.15, -0.1) is 0 Å². The van der Waals surface area contributed by atoms with E-state index in [1.165, 1.54) is 13.4 Å². The third-order valence-corrected chi connectivity index (χ3v) is 2.00. The van der Waals surface area contributed by atoms with Crippen molar-refractivity contribution in [3.8, 4) is 0 Å². The number of carbonyl (C=O) groups is 1. The predicted octanol–water partition coefficient (Wildman–Crippen LogP) is 2.14. The molecular formula is C9H15BrO4. The summed E-state index contributed by atoms with van der Waals surface area (Å²) in [4.78, 5) is 10.7. The van der Waals surface area contributed by atoms with Crippen LogP contribution in [0, 0.1) is 0 Å². The lowest BCUT2D eigenvalue weighted by molar-refractivity contribution is -0.148. The number of rotatable bonds is 7. The summed E-state index contributed by atoms with van der Waals surface area (Å²) in [5, 5.41) is 9.39. The summed E-state index contributed by atoms with van der Waals surface area (Å²) >= 11 is 3.18. The van der Waals surface area contributed by atoms with Crippen LogP contribution in [0.1, 0.15) is 19.8 Å². The summed E-state index contributed by atoms with van der Waals surface area (Å²) in [5.74, 6) is -0.416. The molecule has 0 aromatic rings. The van der Waals surface area contributed by atoms with E-state index >= 15 is 0 Å². The van der Waals surface area contributed by atoms with Gasteiger partial charge in [0.15, 0.2) is 6.10 Å². The maximum Gasteiger partial charge on any atom is 0.344 e. The van der Waals surface area contributed by atoms with Crippen LogP contribution >= 0.6 is 15.9 Å². The highest BCUT2D eigenvalue weighted by Gasteiger charge is 2.18. The molecule has 1 atom stereocenters. The smallest absolute Gasteiger partial charge is 0.344 e. The second kappa shape index (κ2) is 7.67. The molecule has 14 heavy (non-hydrogen) atoms. The zero-order valence-corrected chi connectivity index (χ0v) is 9.91. The fourth-order valence-corrected chi connectivity index (χ4v) is 1.26. The first-order valence-corrected chi connectivity index (χ1v) is 5.45. The molecule has 0 fully saturated rings. The number of alkyl halides is 1. The predicted molar refractivity (Wildman–Crippen MR) is 56.3 cm³/mol. The lowest BCUT2D eigenvalue weighted by Crippen LogP contribution is -2.24. The van der Waals surface area contributed by atoms with E-state index in [4.69, 9.17) is 14.6 Å². The van der Waals surface area contributed by atoms with E-state index in [9.17, 15) is 4.79 Å². The molecule has 0 heterocycles. The Labute approximate surface area is 92.0 Å². The molecule has 1 N–H and O–H groups in total. The molecule has 0 saturated carbocycles. The standard InChI is InChI=1S/C9H15BrO4/c1-3-7(6-13-2)14-8(4-5-10)9(11)12/h6,8H,3-5H2,1-2H3,(H,11,12)/b7-6-. The van der Waals surface area contributed by atoms with Crippen molar-refractivity contribution in [3.63, 3.8) is 0 Å². The normalized spacial score (nSPS) is 13.5. The first-order chi connectivity index (χ1) is 6.65. The molecule has 82 valence electrons. The van der Waals surface area contributed by atoms with Crippen LogP contribution in [0.25, 0.3) is 0 Å². The number of allylic oxidation sites excluding steroid dienone is 1. The first kappa shape index (κ1) is 13.3. The topological polar surface area (TPSA) is 55.8 Å². The van der Waals surface area contributed by atoms with Gasteiger partial charge in [0.2, 0.25) is 0 Å². The van der Waals surface area contributed by atoms with E-state index in [0.717, 1.165) is 0 Å². The van der Waals surface area contributed by atoms with Crippen LogP contribution in [0.15, 0.2) is 12.0 Å². The Morgan fingerprint density at radius 2 is 2.29 bits per heavy atom. The van der Waals surface area contributed by atoms with Gasteiger partial charge in [0.25, 0.3) is 0 Å². The van der Waals surface area contributed by atoms with Gasteiger partial charge >= 0.3 is 5.97 Å². The number of hydrogen-bond acceptors (Lipinski definition) is 3. The number of carboxylic acids is 1. The Hall–Kier alpha value is -0.710.